The van der Waals surface area contributed by atoms with Crippen molar-refractivity contribution >= 4 is 0 Å². The molecule has 0 fully saturated rings. The fourth-order valence-corrected chi connectivity index (χ4v) is 0.719. The SMILES string of the molecule is CCC.CCC(C)CC(F)(F)CO. The van der Waals surface area contributed by atoms with Gasteiger partial charge in [-0.2, -0.15) is 0 Å². The van der Waals surface area contributed by atoms with E-state index in [2.05, 4.69) is 13.8 Å². The minimum atomic E-state index is -2.88. The molecule has 13 heavy (non-hydrogen) atoms. The fraction of sp³-hybridized carbons (Fsp3) is 1.00. The van der Waals surface area contributed by atoms with Crippen LogP contribution in [0.5, 0.6) is 0 Å². The molecule has 0 bridgehead atoms. The van der Waals surface area contributed by atoms with Gasteiger partial charge in [-0.05, 0) is 5.92 Å². The number of rotatable bonds is 4. The zero-order chi connectivity index (χ0) is 10.9. The molecule has 0 radical (unpaired) electrons. The second kappa shape index (κ2) is 8.42. The lowest BCUT2D eigenvalue weighted by atomic mass is 10.0. The van der Waals surface area contributed by atoms with Crippen molar-refractivity contribution in [2.75, 3.05) is 6.61 Å². The Morgan fingerprint density at radius 3 is 1.85 bits per heavy atom. The van der Waals surface area contributed by atoms with E-state index >= 15 is 0 Å². The minimum Gasteiger partial charge on any atom is -0.390 e. The van der Waals surface area contributed by atoms with Gasteiger partial charge in [0, 0.05) is 6.42 Å². The third-order valence-corrected chi connectivity index (χ3v) is 1.58. The fourth-order valence-electron chi connectivity index (χ4n) is 0.719. The Bertz CT molecular complexity index is 105. The molecule has 0 aromatic carbocycles. The third-order valence-electron chi connectivity index (χ3n) is 1.58. The van der Waals surface area contributed by atoms with Gasteiger partial charge in [0.25, 0.3) is 5.92 Å². The molecule has 1 nitrogen and oxygen atoms in total. The van der Waals surface area contributed by atoms with Gasteiger partial charge >= 0.3 is 0 Å². The first-order chi connectivity index (χ1) is 5.93. The van der Waals surface area contributed by atoms with Crippen molar-refractivity contribution in [3.05, 3.63) is 0 Å². The van der Waals surface area contributed by atoms with Crippen molar-refractivity contribution in [1.29, 1.82) is 0 Å². The van der Waals surface area contributed by atoms with Gasteiger partial charge in [0.1, 0.15) is 6.61 Å². The average molecular weight is 196 g/mol. The van der Waals surface area contributed by atoms with Crippen molar-refractivity contribution in [3.8, 4) is 0 Å². The van der Waals surface area contributed by atoms with Crippen LogP contribution < -0.4 is 0 Å². The van der Waals surface area contributed by atoms with E-state index in [9.17, 15) is 8.78 Å². The van der Waals surface area contributed by atoms with Crippen molar-refractivity contribution in [3.63, 3.8) is 0 Å². The van der Waals surface area contributed by atoms with Gasteiger partial charge in [0.15, 0.2) is 0 Å². The summed E-state index contributed by atoms with van der Waals surface area (Å²) in [5.74, 6) is -2.89. The second-order valence-corrected chi connectivity index (χ2v) is 3.44. The summed E-state index contributed by atoms with van der Waals surface area (Å²) in [5, 5.41) is 8.19. The van der Waals surface area contributed by atoms with Crippen LogP contribution in [0.4, 0.5) is 8.78 Å². The van der Waals surface area contributed by atoms with Crippen LogP contribution in [0.3, 0.4) is 0 Å². The largest absolute Gasteiger partial charge is 0.390 e. The molecule has 0 rings (SSSR count). The summed E-state index contributed by atoms with van der Waals surface area (Å²) in [5.41, 5.74) is 0. The highest BCUT2D eigenvalue weighted by Crippen LogP contribution is 2.23. The summed E-state index contributed by atoms with van der Waals surface area (Å²) >= 11 is 0. The van der Waals surface area contributed by atoms with Gasteiger partial charge in [-0.1, -0.05) is 40.5 Å². The van der Waals surface area contributed by atoms with Crippen LogP contribution in [0.2, 0.25) is 0 Å². The quantitative estimate of drug-likeness (QED) is 0.730. The highest BCUT2D eigenvalue weighted by Gasteiger charge is 2.29. The van der Waals surface area contributed by atoms with Crippen LogP contribution in [-0.4, -0.2) is 17.6 Å². The maximum absolute atomic E-state index is 12.3. The van der Waals surface area contributed by atoms with E-state index in [-0.39, 0.29) is 12.3 Å². The summed E-state index contributed by atoms with van der Waals surface area (Å²) in [6, 6.07) is 0. The maximum atomic E-state index is 12.3. The summed E-state index contributed by atoms with van der Waals surface area (Å²) in [6.45, 7) is 6.83. The number of alkyl halides is 2. The Labute approximate surface area is 80.2 Å². The van der Waals surface area contributed by atoms with Gasteiger partial charge in [-0.25, -0.2) is 8.78 Å². The molecule has 0 saturated heterocycles. The summed E-state index contributed by atoms with van der Waals surface area (Å²) in [6.07, 6.45) is 1.77. The van der Waals surface area contributed by atoms with Crippen molar-refractivity contribution in [2.24, 2.45) is 5.92 Å². The normalized spacial score (nSPS) is 13.2. The highest BCUT2D eigenvalue weighted by atomic mass is 19.3. The summed E-state index contributed by atoms with van der Waals surface area (Å²) in [7, 11) is 0. The molecule has 1 unspecified atom stereocenters. The highest BCUT2D eigenvalue weighted by molar-refractivity contribution is 4.67. The van der Waals surface area contributed by atoms with E-state index < -0.39 is 12.5 Å². The minimum absolute atomic E-state index is 0.0119. The standard InChI is InChI=1S/C7H14F2O.C3H8/c1-3-6(2)4-7(8,9)5-10;1-3-2/h6,10H,3-5H2,1-2H3;3H2,1-2H3. The van der Waals surface area contributed by atoms with Gasteiger partial charge in [-0.15, -0.1) is 0 Å². The Morgan fingerprint density at radius 2 is 1.62 bits per heavy atom. The number of halogens is 2. The lowest BCUT2D eigenvalue weighted by Gasteiger charge is -2.16. The van der Waals surface area contributed by atoms with E-state index in [1.54, 1.807) is 6.92 Å². The molecule has 0 aliphatic rings. The van der Waals surface area contributed by atoms with E-state index in [4.69, 9.17) is 5.11 Å². The first kappa shape index (κ1) is 15.3. The Morgan fingerprint density at radius 1 is 1.23 bits per heavy atom. The molecule has 0 aliphatic carbocycles. The van der Waals surface area contributed by atoms with E-state index in [1.165, 1.54) is 6.42 Å². The van der Waals surface area contributed by atoms with Crippen molar-refractivity contribution in [1.82, 2.24) is 0 Å². The van der Waals surface area contributed by atoms with E-state index in [0.717, 1.165) is 6.42 Å². The maximum Gasteiger partial charge on any atom is 0.270 e. The molecule has 0 heterocycles. The predicted molar refractivity (Wildman–Crippen MR) is 52.1 cm³/mol. The average Bonchev–Trinajstić information content (AvgIpc) is 2.05. The van der Waals surface area contributed by atoms with Crippen molar-refractivity contribution in [2.45, 2.75) is 52.9 Å². The smallest absolute Gasteiger partial charge is 0.270 e. The lowest BCUT2D eigenvalue weighted by Crippen LogP contribution is -2.23. The van der Waals surface area contributed by atoms with Crippen LogP contribution in [0.15, 0.2) is 0 Å². The van der Waals surface area contributed by atoms with Gasteiger partial charge in [0.2, 0.25) is 0 Å². The molecule has 0 amide bonds. The molecule has 3 heteroatoms. The first-order valence-corrected chi connectivity index (χ1v) is 4.92. The molecular weight excluding hydrogens is 174 g/mol. The first-order valence-electron chi connectivity index (χ1n) is 4.92. The van der Waals surface area contributed by atoms with Crippen LogP contribution in [0, 0.1) is 5.92 Å². The molecule has 0 aromatic rings. The molecule has 1 N–H and O–H groups in total. The molecule has 1 atom stereocenters. The monoisotopic (exact) mass is 196 g/mol. The zero-order valence-corrected chi connectivity index (χ0v) is 9.11. The van der Waals surface area contributed by atoms with Gasteiger partial charge in [0.05, 0.1) is 0 Å². The zero-order valence-electron chi connectivity index (χ0n) is 9.11. The second-order valence-electron chi connectivity index (χ2n) is 3.44. The van der Waals surface area contributed by atoms with Gasteiger partial charge in [-0.3, -0.25) is 0 Å². The van der Waals surface area contributed by atoms with Crippen LogP contribution in [0.1, 0.15) is 47.0 Å². The summed E-state index contributed by atoms with van der Waals surface area (Å²) in [4.78, 5) is 0. The predicted octanol–water partition coefficient (Wildman–Crippen LogP) is 3.47. The lowest BCUT2D eigenvalue weighted by molar-refractivity contribution is -0.0664. The van der Waals surface area contributed by atoms with E-state index in [1.807, 2.05) is 6.92 Å². The molecule has 0 spiro atoms. The van der Waals surface area contributed by atoms with Crippen LogP contribution >= 0.6 is 0 Å². The van der Waals surface area contributed by atoms with E-state index in [0.29, 0.717) is 0 Å². The molecule has 82 valence electrons. The summed E-state index contributed by atoms with van der Waals surface area (Å²) < 4.78 is 24.7. The Kier molecular flexibility index (Phi) is 9.91. The van der Waals surface area contributed by atoms with Gasteiger partial charge < -0.3 is 5.11 Å². The number of hydrogen-bond donors (Lipinski definition) is 1. The van der Waals surface area contributed by atoms with Crippen LogP contribution in [-0.2, 0) is 0 Å². The van der Waals surface area contributed by atoms with Crippen molar-refractivity contribution < 1.29 is 13.9 Å². The Balaban J connectivity index is 0. The molecular formula is C10H22F2O. The Hall–Kier alpha value is -0.180. The molecule has 0 aliphatic heterocycles. The molecule has 0 aromatic heterocycles. The number of aliphatic hydroxyl groups is 1. The number of hydrogen-bond acceptors (Lipinski definition) is 1. The third kappa shape index (κ3) is 11.8. The number of aliphatic hydroxyl groups excluding tert-OH is 1. The molecule has 0 saturated carbocycles. The topological polar surface area (TPSA) is 20.2 Å². The van der Waals surface area contributed by atoms with Crippen LogP contribution in [0.25, 0.3) is 0 Å².